The van der Waals surface area contributed by atoms with Gasteiger partial charge in [0.15, 0.2) is 4.34 Å². The van der Waals surface area contributed by atoms with Crippen molar-refractivity contribution in [1.82, 2.24) is 10.2 Å². The number of rotatable bonds is 7. The van der Waals surface area contributed by atoms with Crippen molar-refractivity contribution in [1.29, 1.82) is 0 Å². The second-order valence-electron chi connectivity index (χ2n) is 6.38. The fourth-order valence-corrected chi connectivity index (χ4v) is 4.25. The number of nitrogens with one attached hydrogen (secondary N) is 2. The highest BCUT2D eigenvalue weighted by Crippen LogP contribution is 2.26. The highest BCUT2D eigenvalue weighted by molar-refractivity contribution is 8.01. The zero-order valence-electron chi connectivity index (χ0n) is 16.7. The first-order valence-electron chi connectivity index (χ1n) is 9.26. The number of amides is 2. The number of anilines is 2. The van der Waals surface area contributed by atoms with Crippen LogP contribution >= 0.6 is 23.1 Å². The van der Waals surface area contributed by atoms with Crippen molar-refractivity contribution in [3.05, 3.63) is 70.6 Å². The topological polar surface area (TPSA) is 123 Å². The summed E-state index contributed by atoms with van der Waals surface area (Å²) in [6.45, 7) is 0. The first-order chi connectivity index (χ1) is 15.5. The van der Waals surface area contributed by atoms with E-state index in [1.807, 2.05) is 0 Å². The molecule has 0 aliphatic heterocycles. The molecule has 4 aromatic rings. The van der Waals surface area contributed by atoms with Crippen LogP contribution in [0.2, 0.25) is 0 Å². The van der Waals surface area contributed by atoms with Gasteiger partial charge in [-0.3, -0.25) is 14.9 Å². The molecule has 0 saturated heterocycles. The molecule has 11 heteroatoms. The quantitative estimate of drug-likeness (QED) is 0.239. The Morgan fingerprint density at radius 1 is 1.09 bits per heavy atom. The Balaban J connectivity index is 1.34. The van der Waals surface area contributed by atoms with Crippen molar-refractivity contribution in [2.24, 2.45) is 0 Å². The molecular formula is C21H16N4O5S2. The number of carbonyl (C=O) groups excluding carboxylic acids is 2. The van der Waals surface area contributed by atoms with E-state index >= 15 is 0 Å². The highest BCUT2D eigenvalue weighted by atomic mass is 32.2. The molecule has 0 aliphatic carbocycles. The van der Waals surface area contributed by atoms with Gasteiger partial charge in [0.2, 0.25) is 11.0 Å². The van der Waals surface area contributed by atoms with Crippen LogP contribution in [0.1, 0.15) is 10.4 Å². The van der Waals surface area contributed by atoms with E-state index in [1.54, 1.807) is 55.6 Å². The summed E-state index contributed by atoms with van der Waals surface area (Å²) in [5.41, 5.74) is 0.176. The van der Waals surface area contributed by atoms with Crippen molar-refractivity contribution < 1.29 is 18.7 Å². The number of nitrogens with zero attached hydrogens (tertiary/aromatic N) is 2. The second kappa shape index (κ2) is 9.62. The molecule has 0 unspecified atom stereocenters. The Kier molecular flexibility index (Phi) is 6.47. The molecule has 4 rings (SSSR count). The van der Waals surface area contributed by atoms with Gasteiger partial charge in [0.1, 0.15) is 16.9 Å². The van der Waals surface area contributed by atoms with Gasteiger partial charge in [-0.1, -0.05) is 41.3 Å². The number of methoxy groups -OCH3 is 1. The van der Waals surface area contributed by atoms with Gasteiger partial charge in [-0.2, -0.15) is 0 Å². The zero-order chi connectivity index (χ0) is 22.5. The summed E-state index contributed by atoms with van der Waals surface area (Å²) in [5.74, 6) is -0.0467. The fourth-order valence-electron chi connectivity index (χ4n) is 2.70. The molecule has 2 heterocycles. The van der Waals surface area contributed by atoms with Gasteiger partial charge >= 0.3 is 5.63 Å². The molecule has 2 aromatic heterocycles. The second-order valence-corrected chi connectivity index (χ2v) is 8.58. The van der Waals surface area contributed by atoms with Crippen LogP contribution in [0.15, 0.2) is 68.1 Å². The molecule has 9 nitrogen and oxygen atoms in total. The largest absolute Gasteiger partial charge is 0.497 e. The molecule has 0 radical (unpaired) electrons. The lowest BCUT2D eigenvalue weighted by atomic mass is 10.2. The lowest BCUT2D eigenvalue weighted by molar-refractivity contribution is -0.113. The molecule has 0 atom stereocenters. The summed E-state index contributed by atoms with van der Waals surface area (Å²) in [5, 5.41) is 14.0. The summed E-state index contributed by atoms with van der Waals surface area (Å²) < 4.78 is 10.8. The lowest BCUT2D eigenvalue weighted by Crippen LogP contribution is -2.20. The normalized spacial score (nSPS) is 10.7. The number of thioether (sulfide) groups is 1. The van der Waals surface area contributed by atoms with Crippen molar-refractivity contribution in [2.45, 2.75) is 4.34 Å². The maximum absolute atomic E-state index is 12.5. The third-order valence-corrected chi connectivity index (χ3v) is 6.19. The molecule has 2 aromatic carbocycles. The molecule has 0 bridgehead atoms. The fraction of sp³-hybridized carbons (Fsp3) is 0.0952. The number of aromatic nitrogens is 2. The Hall–Kier alpha value is -3.70. The number of carbonyl (C=O) groups is 2. The van der Waals surface area contributed by atoms with Gasteiger partial charge in [-0.15, -0.1) is 10.2 Å². The highest BCUT2D eigenvalue weighted by Gasteiger charge is 2.16. The van der Waals surface area contributed by atoms with Crippen LogP contribution in [0.5, 0.6) is 5.75 Å². The minimum Gasteiger partial charge on any atom is -0.497 e. The summed E-state index contributed by atoms with van der Waals surface area (Å²) >= 11 is 2.28. The molecule has 32 heavy (non-hydrogen) atoms. The number of para-hydroxylation sites is 1. The summed E-state index contributed by atoms with van der Waals surface area (Å²) in [7, 11) is 1.57. The Morgan fingerprint density at radius 2 is 1.88 bits per heavy atom. The third-order valence-electron chi connectivity index (χ3n) is 4.21. The van der Waals surface area contributed by atoms with Crippen LogP contribution in [-0.4, -0.2) is 34.9 Å². The molecule has 0 fully saturated rings. The Labute approximate surface area is 189 Å². The van der Waals surface area contributed by atoms with Crippen LogP contribution in [-0.2, 0) is 4.79 Å². The van der Waals surface area contributed by atoms with Gasteiger partial charge in [-0.25, -0.2) is 4.79 Å². The minimum atomic E-state index is -0.740. The summed E-state index contributed by atoms with van der Waals surface area (Å²) in [4.78, 5) is 36.7. The number of hydrogen-bond donors (Lipinski definition) is 2. The van der Waals surface area contributed by atoms with Crippen LogP contribution in [0.3, 0.4) is 0 Å². The van der Waals surface area contributed by atoms with Crippen LogP contribution in [0, 0.1) is 0 Å². The monoisotopic (exact) mass is 468 g/mol. The van der Waals surface area contributed by atoms with E-state index in [-0.39, 0.29) is 22.4 Å². The molecule has 0 spiro atoms. The SMILES string of the molecule is COc1ccc(NC(=O)CSc2nnc(NC(=O)c3cc4ccccc4oc3=O)s2)cc1. The van der Waals surface area contributed by atoms with E-state index in [4.69, 9.17) is 9.15 Å². The predicted octanol–water partition coefficient (Wildman–Crippen LogP) is 3.64. The molecule has 0 aliphatic rings. The van der Waals surface area contributed by atoms with E-state index in [1.165, 1.54) is 17.8 Å². The van der Waals surface area contributed by atoms with Crippen LogP contribution in [0.25, 0.3) is 11.0 Å². The van der Waals surface area contributed by atoms with Gasteiger partial charge in [0.25, 0.3) is 5.91 Å². The van der Waals surface area contributed by atoms with Crippen molar-refractivity contribution >= 4 is 56.7 Å². The van der Waals surface area contributed by atoms with E-state index in [0.29, 0.717) is 26.7 Å². The maximum atomic E-state index is 12.5. The summed E-state index contributed by atoms with van der Waals surface area (Å²) in [6, 6.07) is 15.4. The molecule has 162 valence electrons. The predicted molar refractivity (Wildman–Crippen MR) is 123 cm³/mol. The molecule has 0 saturated carbocycles. The minimum absolute atomic E-state index is 0.114. The van der Waals surface area contributed by atoms with E-state index in [9.17, 15) is 14.4 Å². The number of ether oxygens (including phenoxy) is 1. The maximum Gasteiger partial charge on any atom is 0.349 e. The number of fused-ring (bicyclic) bond motifs is 1. The molecule has 2 amide bonds. The van der Waals surface area contributed by atoms with Crippen LogP contribution < -0.4 is 21.0 Å². The molecule has 2 N–H and O–H groups in total. The van der Waals surface area contributed by atoms with E-state index in [0.717, 1.165) is 11.3 Å². The standard InChI is InChI=1S/C21H16N4O5S2/c1-29-14-8-6-13(7-9-14)22-17(26)11-31-21-25-24-20(32-21)23-18(27)15-10-12-4-2-3-5-16(12)30-19(15)28/h2-10H,11H2,1H3,(H,22,26)(H,23,24,27). The Bertz CT molecular complexity index is 1330. The van der Waals surface area contributed by atoms with Gasteiger partial charge < -0.3 is 14.5 Å². The number of hydrogen-bond acceptors (Lipinski definition) is 9. The average molecular weight is 469 g/mol. The van der Waals surface area contributed by atoms with Gasteiger partial charge in [-0.05, 0) is 36.4 Å². The van der Waals surface area contributed by atoms with Crippen LogP contribution in [0.4, 0.5) is 10.8 Å². The average Bonchev–Trinajstić information content (AvgIpc) is 3.25. The van der Waals surface area contributed by atoms with E-state index in [2.05, 4.69) is 20.8 Å². The lowest BCUT2D eigenvalue weighted by Gasteiger charge is -2.05. The van der Waals surface area contributed by atoms with Crippen molar-refractivity contribution in [3.8, 4) is 5.75 Å². The Morgan fingerprint density at radius 3 is 2.66 bits per heavy atom. The van der Waals surface area contributed by atoms with Crippen molar-refractivity contribution in [2.75, 3.05) is 23.5 Å². The van der Waals surface area contributed by atoms with Gasteiger partial charge in [0.05, 0.1) is 12.9 Å². The molecular weight excluding hydrogens is 452 g/mol. The van der Waals surface area contributed by atoms with Gasteiger partial charge in [0, 0.05) is 11.1 Å². The first-order valence-corrected chi connectivity index (χ1v) is 11.1. The third kappa shape index (κ3) is 5.13. The first kappa shape index (κ1) is 21.5. The summed E-state index contributed by atoms with van der Waals surface area (Å²) in [6.07, 6.45) is 0. The van der Waals surface area contributed by atoms with Crippen molar-refractivity contribution in [3.63, 3.8) is 0 Å². The smallest absolute Gasteiger partial charge is 0.349 e. The zero-order valence-corrected chi connectivity index (χ0v) is 18.3. The van der Waals surface area contributed by atoms with E-state index < -0.39 is 11.5 Å². The number of benzene rings is 2.